The highest BCUT2D eigenvalue weighted by Gasteiger charge is 1.94. The van der Waals surface area contributed by atoms with E-state index in [1.54, 1.807) is 25.5 Å². The number of aromatic nitrogens is 2. The van der Waals surface area contributed by atoms with E-state index in [2.05, 4.69) is 15.3 Å². The van der Waals surface area contributed by atoms with Crippen molar-refractivity contribution in [2.24, 2.45) is 0 Å². The van der Waals surface area contributed by atoms with Gasteiger partial charge in [0.2, 0.25) is 0 Å². The van der Waals surface area contributed by atoms with Gasteiger partial charge in [0, 0.05) is 30.6 Å². The van der Waals surface area contributed by atoms with Crippen LogP contribution in [0.2, 0.25) is 0 Å². The molecule has 4 heteroatoms. The maximum Gasteiger partial charge on any atom is 0.154 e. The van der Waals surface area contributed by atoms with E-state index in [9.17, 15) is 4.79 Å². The normalized spacial score (nSPS) is 11.4. The third-order valence-electron chi connectivity index (χ3n) is 1.77. The van der Waals surface area contributed by atoms with E-state index in [-0.39, 0.29) is 5.78 Å². The summed E-state index contributed by atoms with van der Waals surface area (Å²) in [5, 5.41) is 3.14. The van der Waals surface area contributed by atoms with Crippen molar-refractivity contribution in [3.05, 3.63) is 30.0 Å². The highest BCUT2D eigenvalue weighted by atomic mass is 16.1. The number of carbonyl (C=O) groups is 1. The lowest BCUT2D eigenvalue weighted by molar-refractivity contribution is -0.112. The summed E-state index contributed by atoms with van der Waals surface area (Å²) in [7, 11) is 0. The molecule has 4 nitrogen and oxygen atoms in total. The standard InChI is InChI=1S/C10H15N3O/c1-8(5-9(2)14)12-4-3-10-6-11-7-13-10/h5-7,12H,3-4H2,1-2H3,(H,11,13)/b8-5-. The van der Waals surface area contributed by atoms with Crippen LogP contribution in [0.1, 0.15) is 19.5 Å². The first kappa shape index (κ1) is 10.5. The number of H-pyrrole nitrogens is 1. The highest BCUT2D eigenvalue weighted by molar-refractivity contribution is 5.87. The van der Waals surface area contributed by atoms with Crippen LogP contribution in [-0.2, 0) is 11.2 Å². The zero-order valence-corrected chi connectivity index (χ0v) is 8.50. The third kappa shape index (κ3) is 3.89. The molecule has 1 aromatic rings. The zero-order chi connectivity index (χ0) is 10.4. The average Bonchev–Trinajstić information content (AvgIpc) is 2.55. The molecule has 0 bridgehead atoms. The van der Waals surface area contributed by atoms with E-state index in [4.69, 9.17) is 0 Å². The molecule has 0 aliphatic carbocycles. The molecule has 0 aromatic carbocycles. The van der Waals surface area contributed by atoms with Crippen LogP contribution in [0.15, 0.2) is 24.3 Å². The Morgan fingerprint density at radius 2 is 2.43 bits per heavy atom. The van der Waals surface area contributed by atoms with Crippen molar-refractivity contribution >= 4 is 5.78 Å². The topological polar surface area (TPSA) is 57.8 Å². The predicted octanol–water partition coefficient (Wildman–Crippen LogP) is 1.03. The first-order valence-corrected chi connectivity index (χ1v) is 4.58. The number of nitrogens with zero attached hydrogens (tertiary/aromatic N) is 1. The van der Waals surface area contributed by atoms with E-state index in [1.165, 1.54) is 0 Å². The molecule has 0 unspecified atom stereocenters. The minimum Gasteiger partial charge on any atom is -0.388 e. The van der Waals surface area contributed by atoms with Crippen LogP contribution in [0, 0.1) is 0 Å². The number of nitrogens with one attached hydrogen (secondary N) is 2. The van der Waals surface area contributed by atoms with Crippen LogP contribution < -0.4 is 5.32 Å². The number of imidazole rings is 1. The SMILES string of the molecule is CC(=O)/C=C(/C)NCCc1cnc[nH]1. The second-order valence-electron chi connectivity index (χ2n) is 3.19. The van der Waals surface area contributed by atoms with E-state index in [1.807, 2.05) is 6.92 Å². The summed E-state index contributed by atoms with van der Waals surface area (Å²) in [6.07, 6.45) is 5.93. The van der Waals surface area contributed by atoms with Gasteiger partial charge in [0.1, 0.15) is 0 Å². The van der Waals surface area contributed by atoms with Crippen molar-refractivity contribution in [2.45, 2.75) is 20.3 Å². The lowest BCUT2D eigenvalue weighted by atomic mass is 10.3. The maximum absolute atomic E-state index is 10.7. The fraction of sp³-hybridized carbons (Fsp3) is 0.400. The molecule has 0 aliphatic rings. The summed E-state index contributed by atoms with van der Waals surface area (Å²) in [6.45, 7) is 4.23. The summed E-state index contributed by atoms with van der Waals surface area (Å²) in [5.74, 6) is 0.0662. The lowest BCUT2D eigenvalue weighted by Gasteiger charge is -2.04. The number of hydrogen-bond acceptors (Lipinski definition) is 3. The van der Waals surface area contributed by atoms with Gasteiger partial charge < -0.3 is 10.3 Å². The van der Waals surface area contributed by atoms with Crippen molar-refractivity contribution in [1.29, 1.82) is 0 Å². The maximum atomic E-state index is 10.7. The molecule has 0 saturated carbocycles. The average molecular weight is 193 g/mol. The Kier molecular flexibility index (Phi) is 3.91. The Bertz CT molecular complexity index is 314. The molecule has 0 aliphatic heterocycles. The van der Waals surface area contributed by atoms with Crippen LogP contribution >= 0.6 is 0 Å². The van der Waals surface area contributed by atoms with Crippen LogP contribution in [0.3, 0.4) is 0 Å². The monoisotopic (exact) mass is 193 g/mol. The smallest absolute Gasteiger partial charge is 0.154 e. The van der Waals surface area contributed by atoms with Gasteiger partial charge in [-0.2, -0.15) is 0 Å². The summed E-state index contributed by atoms with van der Waals surface area (Å²) in [5.41, 5.74) is 1.99. The van der Waals surface area contributed by atoms with Gasteiger partial charge >= 0.3 is 0 Å². The quantitative estimate of drug-likeness (QED) is 0.687. The van der Waals surface area contributed by atoms with Gasteiger partial charge in [0.05, 0.1) is 6.33 Å². The molecule has 1 aromatic heterocycles. The molecule has 0 atom stereocenters. The summed E-state index contributed by atoms with van der Waals surface area (Å²) >= 11 is 0. The van der Waals surface area contributed by atoms with Gasteiger partial charge in [-0.25, -0.2) is 4.98 Å². The number of carbonyl (C=O) groups excluding carboxylic acids is 1. The number of hydrogen-bond donors (Lipinski definition) is 2. The Hall–Kier alpha value is -1.58. The van der Waals surface area contributed by atoms with Crippen molar-refractivity contribution in [1.82, 2.24) is 15.3 Å². The molecule has 2 N–H and O–H groups in total. The summed E-state index contributed by atoms with van der Waals surface area (Å²) < 4.78 is 0. The zero-order valence-electron chi connectivity index (χ0n) is 8.50. The highest BCUT2D eigenvalue weighted by Crippen LogP contribution is 1.93. The molecule has 14 heavy (non-hydrogen) atoms. The number of allylic oxidation sites excluding steroid dienone is 2. The molecule has 0 spiro atoms. The van der Waals surface area contributed by atoms with Crippen LogP contribution in [0.25, 0.3) is 0 Å². The van der Waals surface area contributed by atoms with Crippen molar-refractivity contribution in [2.75, 3.05) is 6.54 Å². The van der Waals surface area contributed by atoms with Crippen LogP contribution in [0.4, 0.5) is 0 Å². The molecular weight excluding hydrogens is 178 g/mol. The predicted molar refractivity (Wildman–Crippen MR) is 54.7 cm³/mol. The summed E-state index contributed by atoms with van der Waals surface area (Å²) in [6, 6.07) is 0. The Labute approximate surface area is 83.4 Å². The van der Waals surface area contributed by atoms with Gasteiger partial charge in [-0.15, -0.1) is 0 Å². The number of ketones is 1. The van der Waals surface area contributed by atoms with E-state index < -0.39 is 0 Å². The molecule has 0 saturated heterocycles. The third-order valence-corrected chi connectivity index (χ3v) is 1.77. The van der Waals surface area contributed by atoms with Crippen molar-refractivity contribution in [3.8, 4) is 0 Å². The van der Waals surface area contributed by atoms with Gasteiger partial charge in [-0.3, -0.25) is 4.79 Å². The fourth-order valence-electron chi connectivity index (χ4n) is 1.17. The Morgan fingerprint density at radius 3 is 3.00 bits per heavy atom. The van der Waals surface area contributed by atoms with Gasteiger partial charge in [0.15, 0.2) is 5.78 Å². The van der Waals surface area contributed by atoms with E-state index in [0.29, 0.717) is 0 Å². The van der Waals surface area contributed by atoms with Gasteiger partial charge in [-0.1, -0.05) is 0 Å². The molecule has 1 rings (SSSR count). The Morgan fingerprint density at radius 1 is 1.64 bits per heavy atom. The molecule has 0 radical (unpaired) electrons. The summed E-state index contributed by atoms with van der Waals surface area (Å²) in [4.78, 5) is 17.6. The molecule has 1 heterocycles. The first-order valence-electron chi connectivity index (χ1n) is 4.58. The van der Waals surface area contributed by atoms with Crippen LogP contribution in [-0.4, -0.2) is 22.3 Å². The second-order valence-corrected chi connectivity index (χ2v) is 3.19. The molecule has 0 fully saturated rings. The van der Waals surface area contributed by atoms with Crippen LogP contribution in [0.5, 0.6) is 0 Å². The molecule has 76 valence electrons. The largest absolute Gasteiger partial charge is 0.388 e. The number of rotatable bonds is 5. The van der Waals surface area contributed by atoms with Crippen molar-refractivity contribution < 1.29 is 4.79 Å². The van der Waals surface area contributed by atoms with Crippen molar-refractivity contribution in [3.63, 3.8) is 0 Å². The number of aromatic amines is 1. The second kappa shape index (κ2) is 5.21. The minimum absolute atomic E-state index is 0.0662. The Balaban J connectivity index is 2.25. The van der Waals surface area contributed by atoms with Gasteiger partial charge in [-0.05, 0) is 19.9 Å². The lowest BCUT2D eigenvalue weighted by Crippen LogP contribution is -2.15. The minimum atomic E-state index is 0.0662. The fourth-order valence-corrected chi connectivity index (χ4v) is 1.17. The van der Waals surface area contributed by atoms with E-state index >= 15 is 0 Å². The van der Waals surface area contributed by atoms with Gasteiger partial charge in [0.25, 0.3) is 0 Å². The first-order chi connectivity index (χ1) is 6.68. The molecular formula is C10H15N3O. The van der Waals surface area contributed by atoms with E-state index in [0.717, 1.165) is 24.4 Å². The molecule has 0 amide bonds.